The van der Waals surface area contributed by atoms with Crippen molar-refractivity contribution < 1.29 is 14.3 Å². The second-order valence-electron chi connectivity index (χ2n) is 4.48. The lowest BCUT2D eigenvalue weighted by atomic mass is 9.97. The molecule has 0 aromatic carbocycles. The van der Waals surface area contributed by atoms with Gasteiger partial charge < -0.3 is 19.7 Å². The molecule has 0 unspecified atom stereocenters. The van der Waals surface area contributed by atoms with E-state index in [0.717, 1.165) is 38.4 Å². The smallest absolute Gasteiger partial charge is 0.309 e. The first-order chi connectivity index (χ1) is 9.22. The van der Waals surface area contributed by atoms with Gasteiger partial charge in [0.25, 0.3) is 0 Å². The summed E-state index contributed by atoms with van der Waals surface area (Å²) in [5, 5.41) is 3.24. The molecule has 0 spiro atoms. The van der Waals surface area contributed by atoms with Crippen LogP contribution >= 0.6 is 0 Å². The third-order valence-corrected chi connectivity index (χ3v) is 3.22. The lowest BCUT2D eigenvalue weighted by Gasteiger charge is -2.33. The highest BCUT2D eigenvalue weighted by molar-refractivity contribution is 5.80. The van der Waals surface area contributed by atoms with Crippen LogP contribution in [-0.2, 0) is 14.3 Å². The first kappa shape index (κ1) is 15.8. The minimum atomic E-state index is -0.0653. The number of nitrogens with one attached hydrogen (secondary N) is 1. The molecule has 1 saturated heterocycles. The summed E-state index contributed by atoms with van der Waals surface area (Å²) in [5.74, 6) is 0.845. The molecule has 0 aromatic heterocycles. The number of ether oxygens (including phenoxy) is 2. The Morgan fingerprint density at radius 3 is 2.63 bits per heavy atom. The Balaban J connectivity index is 2.37. The number of carbonyl (C=O) groups excluding carboxylic acids is 1. The fourth-order valence-electron chi connectivity index (χ4n) is 2.18. The van der Waals surface area contributed by atoms with Gasteiger partial charge in [-0.2, -0.15) is 0 Å². The number of likely N-dealkylation sites (tertiary alicyclic amines) is 1. The maximum Gasteiger partial charge on any atom is 0.309 e. The van der Waals surface area contributed by atoms with Gasteiger partial charge in [0, 0.05) is 33.8 Å². The van der Waals surface area contributed by atoms with Crippen molar-refractivity contribution in [2.24, 2.45) is 10.9 Å². The van der Waals surface area contributed by atoms with E-state index in [4.69, 9.17) is 9.47 Å². The average Bonchev–Trinajstić information content (AvgIpc) is 2.44. The number of piperidine rings is 1. The maximum absolute atomic E-state index is 11.7. The van der Waals surface area contributed by atoms with Gasteiger partial charge in [-0.25, -0.2) is 0 Å². The van der Waals surface area contributed by atoms with Gasteiger partial charge in [-0.15, -0.1) is 0 Å². The quantitative estimate of drug-likeness (QED) is 0.341. The van der Waals surface area contributed by atoms with E-state index in [2.05, 4.69) is 15.2 Å². The molecule has 0 radical (unpaired) electrons. The van der Waals surface area contributed by atoms with E-state index in [0.29, 0.717) is 13.2 Å². The number of methoxy groups -OCH3 is 1. The molecule has 1 N–H and O–H groups in total. The maximum atomic E-state index is 11.7. The highest BCUT2D eigenvalue weighted by Gasteiger charge is 2.27. The van der Waals surface area contributed by atoms with Gasteiger partial charge in [-0.05, 0) is 19.8 Å². The van der Waals surface area contributed by atoms with Crippen LogP contribution in [0.1, 0.15) is 19.8 Å². The van der Waals surface area contributed by atoms with Gasteiger partial charge in [0.15, 0.2) is 5.96 Å². The predicted molar refractivity (Wildman–Crippen MR) is 74.2 cm³/mol. The molecule has 0 bridgehead atoms. The van der Waals surface area contributed by atoms with Crippen LogP contribution in [0.25, 0.3) is 0 Å². The number of guanidine groups is 1. The molecule has 0 amide bonds. The topological polar surface area (TPSA) is 63.2 Å². The fraction of sp³-hybridized carbons (Fsp3) is 0.846. The third-order valence-electron chi connectivity index (χ3n) is 3.22. The lowest BCUT2D eigenvalue weighted by molar-refractivity contribution is -0.149. The van der Waals surface area contributed by atoms with Crippen molar-refractivity contribution in [3.05, 3.63) is 0 Å². The number of rotatable bonds is 5. The van der Waals surface area contributed by atoms with E-state index in [-0.39, 0.29) is 11.9 Å². The van der Waals surface area contributed by atoms with Crippen LogP contribution < -0.4 is 5.32 Å². The highest BCUT2D eigenvalue weighted by Crippen LogP contribution is 2.18. The Bertz CT molecular complexity index is 300. The molecule has 1 fully saturated rings. The minimum absolute atomic E-state index is 0.0354. The Kier molecular flexibility index (Phi) is 7.25. The molecule has 0 saturated carbocycles. The van der Waals surface area contributed by atoms with Crippen molar-refractivity contribution in [1.82, 2.24) is 10.2 Å². The largest absolute Gasteiger partial charge is 0.466 e. The second kappa shape index (κ2) is 8.74. The van der Waals surface area contributed by atoms with E-state index >= 15 is 0 Å². The molecule has 0 aliphatic carbocycles. The normalized spacial score (nSPS) is 17.4. The summed E-state index contributed by atoms with van der Waals surface area (Å²) in [6.45, 7) is 5.35. The second-order valence-corrected chi connectivity index (χ2v) is 4.48. The molecule has 1 aliphatic heterocycles. The van der Waals surface area contributed by atoms with E-state index < -0.39 is 0 Å². The molecular formula is C13H25N3O3. The zero-order valence-corrected chi connectivity index (χ0v) is 12.1. The van der Waals surface area contributed by atoms with Crippen LogP contribution in [-0.4, -0.2) is 63.8 Å². The fourth-order valence-corrected chi connectivity index (χ4v) is 2.18. The van der Waals surface area contributed by atoms with Crippen LogP contribution in [0.4, 0.5) is 0 Å². The molecule has 1 heterocycles. The van der Waals surface area contributed by atoms with Crippen LogP contribution in [0.3, 0.4) is 0 Å². The summed E-state index contributed by atoms with van der Waals surface area (Å²) >= 11 is 0. The van der Waals surface area contributed by atoms with Crippen molar-refractivity contribution in [3.8, 4) is 0 Å². The zero-order valence-electron chi connectivity index (χ0n) is 12.1. The van der Waals surface area contributed by atoms with E-state index in [1.807, 2.05) is 6.92 Å². The van der Waals surface area contributed by atoms with Gasteiger partial charge >= 0.3 is 5.97 Å². The first-order valence-electron chi connectivity index (χ1n) is 6.84. The van der Waals surface area contributed by atoms with Gasteiger partial charge in [0.2, 0.25) is 0 Å². The van der Waals surface area contributed by atoms with Gasteiger partial charge in [0.05, 0.1) is 19.1 Å². The Morgan fingerprint density at radius 2 is 2.11 bits per heavy atom. The van der Waals surface area contributed by atoms with Crippen molar-refractivity contribution in [2.75, 3.05) is 47.0 Å². The first-order valence-corrected chi connectivity index (χ1v) is 6.84. The monoisotopic (exact) mass is 271 g/mol. The van der Waals surface area contributed by atoms with Gasteiger partial charge in [0.1, 0.15) is 0 Å². The van der Waals surface area contributed by atoms with Crippen molar-refractivity contribution in [1.29, 1.82) is 0 Å². The number of esters is 1. The van der Waals surface area contributed by atoms with Gasteiger partial charge in [-0.1, -0.05) is 0 Å². The van der Waals surface area contributed by atoms with Crippen LogP contribution in [0.5, 0.6) is 0 Å². The summed E-state index contributed by atoms with van der Waals surface area (Å²) in [6.07, 6.45) is 1.65. The van der Waals surface area contributed by atoms with Gasteiger partial charge in [-0.3, -0.25) is 9.79 Å². The van der Waals surface area contributed by atoms with Crippen LogP contribution in [0.15, 0.2) is 4.99 Å². The Hall–Kier alpha value is -1.30. The Labute approximate surface area is 115 Å². The molecule has 1 aliphatic rings. The molecular weight excluding hydrogens is 246 g/mol. The number of hydrogen-bond acceptors (Lipinski definition) is 4. The number of carbonyl (C=O) groups is 1. The van der Waals surface area contributed by atoms with E-state index in [9.17, 15) is 4.79 Å². The van der Waals surface area contributed by atoms with Crippen LogP contribution in [0, 0.1) is 5.92 Å². The molecule has 110 valence electrons. The zero-order chi connectivity index (χ0) is 14.1. The molecule has 1 rings (SSSR count). The minimum Gasteiger partial charge on any atom is -0.466 e. The average molecular weight is 271 g/mol. The number of hydrogen-bond donors (Lipinski definition) is 1. The third kappa shape index (κ3) is 5.06. The SMILES string of the molecule is CCOC(=O)C1CCN(C(=NC)NCCOC)CC1. The van der Waals surface area contributed by atoms with Crippen molar-refractivity contribution in [2.45, 2.75) is 19.8 Å². The predicted octanol–water partition coefficient (Wildman–Crippen LogP) is 0.483. The summed E-state index contributed by atoms with van der Waals surface area (Å²) in [6, 6.07) is 0. The number of nitrogens with zero attached hydrogens (tertiary/aromatic N) is 2. The van der Waals surface area contributed by atoms with Crippen LogP contribution in [0.2, 0.25) is 0 Å². The molecule has 19 heavy (non-hydrogen) atoms. The van der Waals surface area contributed by atoms with Crippen molar-refractivity contribution in [3.63, 3.8) is 0 Å². The number of aliphatic imine (C=N–C) groups is 1. The summed E-state index contributed by atoms with van der Waals surface area (Å²) < 4.78 is 10.1. The summed E-state index contributed by atoms with van der Waals surface area (Å²) in [7, 11) is 3.45. The Morgan fingerprint density at radius 1 is 1.42 bits per heavy atom. The summed E-state index contributed by atoms with van der Waals surface area (Å²) in [4.78, 5) is 18.1. The molecule has 0 aromatic rings. The summed E-state index contributed by atoms with van der Waals surface area (Å²) in [5.41, 5.74) is 0. The highest BCUT2D eigenvalue weighted by atomic mass is 16.5. The lowest BCUT2D eigenvalue weighted by Crippen LogP contribution is -2.47. The molecule has 0 atom stereocenters. The van der Waals surface area contributed by atoms with E-state index in [1.54, 1.807) is 14.2 Å². The molecule has 6 heteroatoms. The van der Waals surface area contributed by atoms with Crippen molar-refractivity contribution >= 4 is 11.9 Å². The van der Waals surface area contributed by atoms with E-state index in [1.165, 1.54) is 0 Å². The molecule has 6 nitrogen and oxygen atoms in total. The standard InChI is InChI=1S/C13H25N3O3/c1-4-19-12(17)11-5-8-16(9-6-11)13(14-2)15-7-10-18-3/h11H,4-10H2,1-3H3,(H,14,15).